The number of morpholine rings is 1. The number of rotatable bonds is 2. The van der Waals surface area contributed by atoms with E-state index in [1.165, 1.54) is 0 Å². The van der Waals surface area contributed by atoms with Crippen LogP contribution >= 0.6 is 27.5 Å². The molecule has 0 spiro atoms. The molecule has 20 heavy (non-hydrogen) atoms. The van der Waals surface area contributed by atoms with Crippen molar-refractivity contribution in [3.8, 4) is 0 Å². The minimum atomic E-state index is -0.472. The summed E-state index contributed by atoms with van der Waals surface area (Å²) < 4.78 is 6.46. The number of aliphatic hydroxyl groups excluding tert-OH is 1. The van der Waals surface area contributed by atoms with Gasteiger partial charge in [-0.05, 0) is 48.0 Å². The summed E-state index contributed by atoms with van der Waals surface area (Å²) in [6.45, 7) is 4.57. The molecule has 1 saturated heterocycles. The number of carbonyl (C=O) groups excluding carboxylic acids is 1. The molecule has 1 atom stereocenters. The lowest BCUT2D eigenvalue weighted by molar-refractivity contribution is -0.139. The molecule has 0 bridgehead atoms. The summed E-state index contributed by atoms with van der Waals surface area (Å²) in [6, 6.07) is 5.13. The minimum absolute atomic E-state index is 0.103. The second-order valence-electron chi connectivity index (χ2n) is 5.50. The predicted octanol–water partition coefficient (Wildman–Crippen LogP) is 2.71. The van der Waals surface area contributed by atoms with E-state index in [4.69, 9.17) is 16.3 Å². The van der Waals surface area contributed by atoms with Crippen molar-refractivity contribution in [3.05, 3.63) is 33.3 Å². The molecule has 0 aromatic heterocycles. The van der Waals surface area contributed by atoms with Crippen molar-refractivity contribution in [3.63, 3.8) is 0 Å². The molecule has 0 saturated carbocycles. The zero-order valence-corrected chi connectivity index (χ0v) is 13.7. The highest BCUT2D eigenvalue weighted by atomic mass is 79.9. The average Bonchev–Trinajstić information content (AvgIpc) is 2.39. The van der Waals surface area contributed by atoms with Crippen molar-refractivity contribution in [2.75, 3.05) is 19.7 Å². The van der Waals surface area contributed by atoms with E-state index in [0.29, 0.717) is 23.7 Å². The van der Waals surface area contributed by atoms with Crippen molar-refractivity contribution >= 4 is 33.4 Å². The molecule has 4 nitrogen and oxygen atoms in total. The Morgan fingerprint density at radius 3 is 2.90 bits per heavy atom. The molecule has 1 amide bonds. The third-order valence-electron chi connectivity index (χ3n) is 3.14. The van der Waals surface area contributed by atoms with Crippen LogP contribution in [0.4, 0.5) is 0 Å². The lowest BCUT2D eigenvalue weighted by atomic mass is 10.0. The summed E-state index contributed by atoms with van der Waals surface area (Å²) in [5, 5.41) is 9.79. The van der Waals surface area contributed by atoms with Crippen molar-refractivity contribution in [1.29, 1.82) is 0 Å². The Labute approximate surface area is 131 Å². The largest absolute Gasteiger partial charge is 0.394 e. The smallest absolute Gasteiger partial charge is 0.254 e. The first kappa shape index (κ1) is 15.8. The summed E-state index contributed by atoms with van der Waals surface area (Å²) in [6.07, 6.45) is -0.353. The maximum absolute atomic E-state index is 12.5. The van der Waals surface area contributed by atoms with Crippen LogP contribution in [0, 0.1) is 0 Å². The number of hydrogen-bond acceptors (Lipinski definition) is 3. The molecule has 1 aromatic rings. The Morgan fingerprint density at radius 1 is 1.60 bits per heavy atom. The molecule has 1 N–H and O–H groups in total. The first-order valence-electron chi connectivity index (χ1n) is 6.35. The van der Waals surface area contributed by atoms with Crippen LogP contribution in [0.3, 0.4) is 0 Å². The van der Waals surface area contributed by atoms with Crippen LogP contribution in [-0.2, 0) is 4.74 Å². The molecule has 1 unspecified atom stereocenters. The number of amides is 1. The average molecular weight is 363 g/mol. The number of benzene rings is 1. The number of ether oxygens (including phenoxy) is 1. The number of nitrogens with zero attached hydrogens (tertiary/aromatic N) is 1. The Morgan fingerprint density at radius 2 is 2.30 bits per heavy atom. The maximum Gasteiger partial charge on any atom is 0.254 e. The fourth-order valence-electron chi connectivity index (χ4n) is 2.36. The molecule has 1 heterocycles. The molecular weight excluding hydrogens is 346 g/mol. The van der Waals surface area contributed by atoms with Crippen LogP contribution in [0.2, 0.25) is 5.02 Å². The predicted molar refractivity (Wildman–Crippen MR) is 81.1 cm³/mol. The summed E-state index contributed by atoms with van der Waals surface area (Å²) in [5.41, 5.74) is 0.0630. The lowest BCUT2D eigenvalue weighted by Gasteiger charge is -2.42. The molecule has 2 rings (SSSR count). The van der Waals surface area contributed by atoms with Crippen molar-refractivity contribution in [2.45, 2.75) is 25.6 Å². The molecule has 1 aliphatic rings. The number of halogens is 2. The van der Waals surface area contributed by atoms with Gasteiger partial charge < -0.3 is 14.7 Å². The van der Waals surface area contributed by atoms with E-state index in [0.717, 1.165) is 4.47 Å². The van der Waals surface area contributed by atoms with E-state index in [9.17, 15) is 9.90 Å². The van der Waals surface area contributed by atoms with Crippen LogP contribution in [0.25, 0.3) is 0 Å². The van der Waals surface area contributed by atoms with Crippen molar-refractivity contribution < 1.29 is 14.6 Å². The van der Waals surface area contributed by atoms with Crippen molar-refractivity contribution in [1.82, 2.24) is 4.90 Å². The molecule has 6 heteroatoms. The summed E-state index contributed by atoms with van der Waals surface area (Å²) in [7, 11) is 0. The Kier molecular flexibility index (Phi) is 4.74. The van der Waals surface area contributed by atoms with Gasteiger partial charge in [-0.1, -0.05) is 11.6 Å². The number of carbonyl (C=O) groups is 1. The van der Waals surface area contributed by atoms with Crippen LogP contribution in [0.15, 0.2) is 22.7 Å². The summed E-state index contributed by atoms with van der Waals surface area (Å²) >= 11 is 9.33. The maximum atomic E-state index is 12.5. The molecule has 0 radical (unpaired) electrons. The molecular formula is C14H17BrClNO3. The topological polar surface area (TPSA) is 49.8 Å². The normalized spacial score (nSPS) is 21.9. The number of aliphatic hydroxyl groups is 1. The Balaban J connectivity index is 2.21. The standard InChI is InChI=1S/C14H17BrClNO3/c1-14(2)8-17(6-10(7-18)20-14)13(19)9-3-4-11(15)12(16)5-9/h3-5,10,18H,6-8H2,1-2H3. The van der Waals surface area contributed by atoms with E-state index < -0.39 is 5.60 Å². The zero-order valence-electron chi connectivity index (χ0n) is 11.4. The van der Waals surface area contributed by atoms with E-state index in [1.807, 2.05) is 13.8 Å². The Bertz CT molecular complexity index is 521. The van der Waals surface area contributed by atoms with E-state index in [1.54, 1.807) is 23.1 Å². The Hall–Kier alpha value is -0.620. The van der Waals surface area contributed by atoms with Gasteiger partial charge in [0.25, 0.3) is 5.91 Å². The van der Waals surface area contributed by atoms with E-state index in [-0.39, 0.29) is 18.6 Å². The SMILES string of the molecule is CC1(C)CN(C(=O)c2ccc(Br)c(Cl)c2)CC(CO)O1. The third kappa shape index (κ3) is 3.52. The van der Waals surface area contributed by atoms with Gasteiger partial charge in [0.1, 0.15) is 0 Å². The van der Waals surface area contributed by atoms with Gasteiger partial charge in [-0.25, -0.2) is 0 Å². The second kappa shape index (κ2) is 6.02. The second-order valence-corrected chi connectivity index (χ2v) is 6.76. The zero-order chi connectivity index (χ0) is 14.9. The van der Waals surface area contributed by atoms with Gasteiger partial charge in [0.05, 0.1) is 23.3 Å². The monoisotopic (exact) mass is 361 g/mol. The van der Waals surface area contributed by atoms with Crippen LogP contribution in [-0.4, -0.2) is 47.3 Å². The fraction of sp³-hybridized carbons (Fsp3) is 0.500. The molecule has 1 fully saturated rings. The van der Waals surface area contributed by atoms with Gasteiger partial charge in [0.2, 0.25) is 0 Å². The van der Waals surface area contributed by atoms with Gasteiger partial charge in [-0.3, -0.25) is 4.79 Å². The van der Waals surface area contributed by atoms with Gasteiger partial charge >= 0.3 is 0 Å². The highest BCUT2D eigenvalue weighted by Gasteiger charge is 2.35. The van der Waals surface area contributed by atoms with Gasteiger partial charge in [0.15, 0.2) is 0 Å². The van der Waals surface area contributed by atoms with Gasteiger partial charge in [0, 0.05) is 23.1 Å². The van der Waals surface area contributed by atoms with Gasteiger partial charge in [-0.2, -0.15) is 0 Å². The first-order valence-corrected chi connectivity index (χ1v) is 7.52. The fourth-order valence-corrected chi connectivity index (χ4v) is 2.78. The molecule has 110 valence electrons. The minimum Gasteiger partial charge on any atom is -0.394 e. The molecule has 1 aliphatic heterocycles. The lowest BCUT2D eigenvalue weighted by Crippen LogP contribution is -2.55. The highest BCUT2D eigenvalue weighted by Crippen LogP contribution is 2.26. The molecule has 1 aromatic carbocycles. The highest BCUT2D eigenvalue weighted by molar-refractivity contribution is 9.10. The number of hydrogen-bond donors (Lipinski definition) is 1. The van der Waals surface area contributed by atoms with E-state index in [2.05, 4.69) is 15.9 Å². The van der Waals surface area contributed by atoms with Crippen LogP contribution in [0.5, 0.6) is 0 Å². The van der Waals surface area contributed by atoms with Crippen LogP contribution in [0.1, 0.15) is 24.2 Å². The third-order valence-corrected chi connectivity index (χ3v) is 4.37. The van der Waals surface area contributed by atoms with Crippen LogP contribution < -0.4 is 0 Å². The van der Waals surface area contributed by atoms with E-state index >= 15 is 0 Å². The van der Waals surface area contributed by atoms with Crippen molar-refractivity contribution in [2.24, 2.45) is 0 Å². The first-order chi connectivity index (χ1) is 9.32. The quantitative estimate of drug-likeness (QED) is 0.880. The summed E-state index contributed by atoms with van der Waals surface area (Å²) in [4.78, 5) is 14.2. The molecule has 0 aliphatic carbocycles. The summed E-state index contributed by atoms with van der Waals surface area (Å²) in [5.74, 6) is -0.103. The van der Waals surface area contributed by atoms with Gasteiger partial charge in [-0.15, -0.1) is 0 Å².